The Kier molecular flexibility index (Phi) is 14.8. The zero-order chi connectivity index (χ0) is 57.5. The number of esters is 1. The molecular weight excluding hydrogens is 1040 g/mol. The molecule has 6 saturated heterocycles. The van der Waals surface area contributed by atoms with Gasteiger partial charge in [0, 0.05) is 80.9 Å². The van der Waals surface area contributed by atoms with Gasteiger partial charge in [0.1, 0.15) is 17.7 Å². The molecule has 4 aromatic rings. The van der Waals surface area contributed by atoms with Crippen molar-refractivity contribution in [2.24, 2.45) is 22.7 Å². The number of pyridine rings is 1. The van der Waals surface area contributed by atoms with E-state index < -0.39 is 40.3 Å². The van der Waals surface area contributed by atoms with E-state index in [4.69, 9.17) is 23.9 Å². The summed E-state index contributed by atoms with van der Waals surface area (Å²) >= 11 is 0. The van der Waals surface area contributed by atoms with Gasteiger partial charge in [0.2, 0.25) is 11.8 Å². The lowest BCUT2D eigenvalue weighted by atomic mass is 9.83. The summed E-state index contributed by atoms with van der Waals surface area (Å²) in [5.41, 5.74) is 5.15. The predicted octanol–water partition coefficient (Wildman–Crippen LogP) is 6.54. The Hall–Kier alpha value is -6.42. The average molecular weight is 1120 g/mol. The van der Waals surface area contributed by atoms with Crippen LogP contribution in [0.2, 0.25) is 0 Å². The number of cyclic esters (lactones) is 1. The fourth-order valence-corrected chi connectivity index (χ4v) is 14.7. The van der Waals surface area contributed by atoms with E-state index in [9.17, 15) is 14.4 Å². The number of fused-ring (bicyclic) bond motifs is 4. The SMILES string of the molecule is C=CC(C)(OC)c1ncccc1-c1c2c3cc(ccc3n1CC)-c1cccc(c1)C[C@H](NC(=O)[C@H](C(C)C)N1CC[C@@]3(CCN(C(=O)C#C[C@@H]4COCCN4C4COC4)C3)C1=O)C(=O)N1CCC[C@@H](C(=O)OCC(C)(C)C2)C2N1C21CC1. The van der Waals surface area contributed by atoms with Crippen LogP contribution in [0.1, 0.15) is 96.9 Å². The fraction of sp³-hybridized carbons (Fsp3) is 0.569. The number of methoxy groups -OCH3 is 1. The fourth-order valence-electron chi connectivity index (χ4n) is 14.7. The summed E-state index contributed by atoms with van der Waals surface area (Å²) in [5.74, 6) is 4.01. The number of hydrogen-bond acceptors (Lipinski definition) is 12. The summed E-state index contributed by atoms with van der Waals surface area (Å²) in [5, 5.41) is 8.30. The van der Waals surface area contributed by atoms with Gasteiger partial charge in [-0.3, -0.25) is 38.9 Å². The number of carbonyl (C=O) groups is 5. The maximum absolute atomic E-state index is 15.6. The lowest BCUT2D eigenvalue weighted by Crippen LogP contribution is -2.58. The molecule has 1 N–H and O–H groups in total. The number of rotatable bonds is 10. The number of likely N-dealkylation sites (tertiary alicyclic amines) is 2. The number of aryl methyl sites for hydroxylation is 1. The number of nitrogens with zero attached hydrogens (tertiary/aromatic N) is 7. The molecule has 8 aliphatic rings. The summed E-state index contributed by atoms with van der Waals surface area (Å²) in [6, 6.07) is 16.9. The summed E-state index contributed by atoms with van der Waals surface area (Å²) in [7, 11) is 1.67. The number of amides is 4. The smallest absolute Gasteiger partial charge is 0.310 e. The first-order valence-corrected chi connectivity index (χ1v) is 29.9. The van der Waals surface area contributed by atoms with Gasteiger partial charge >= 0.3 is 5.97 Å². The Labute approximate surface area is 481 Å². The summed E-state index contributed by atoms with van der Waals surface area (Å²) in [6.45, 7) is 21.8. The van der Waals surface area contributed by atoms with Crippen molar-refractivity contribution in [1.82, 2.24) is 39.6 Å². The summed E-state index contributed by atoms with van der Waals surface area (Å²) < 4.78 is 26.1. The number of hydrazine groups is 1. The van der Waals surface area contributed by atoms with Crippen LogP contribution in [-0.4, -0.2) is 172 Å². The van der Waals surface area contributed by atoms with Crippen molar-refractivity contribution in [3.63, 3.8) is 0 Å². The topological polar surface area (TPSA) is 168 Å². The largest absolute Gasteiger partial charge is 0.465 e. The van der Waals surface area contributed by atoms with Crippen molar-refractivity contribution in [1.29, 1.82) is 0 Å². The van der Waals surface area contributed by atoms with Gasteiger partial charge in [-0.15, -0.1) is 0 Å². The lowest BCUT2D eigenvalue weighted by Gasteiger charge is -2.42. The van der Waals surface area contributed by atoms with Gasteiger partial charge in [0.05, 0.1) is 79.4 Å². The molecule has 12 rings (SSSR count). The van der Waals surface area contributed by atoms with E-state index in [1.165, 1.54) is 0 Å². The molecule has 1 aliphatic carbocycles. The van der Waals surface area contributed by atoms with Gasteiger partial charge in [0.25, 0.3) is 11.8 Å². The quantitative estimate of drug-likeness (QED) is 0.0790. The maximum atomic E-state index is 15.6. The second kappa shape index (κ2) is 21.6. The average Bonchev–Trinajstić information content (AvgIpc) is 4.39. The Morgan fingerprint density at radius 3 is 2.50 bits per heavy atom. The maximum Gasteiger partial charge on any atom is 0.310 e. The van der Waals surface area contributed by atoms with Crippen LogP contribution in [0.15, 0.2) is 73.4 Å². The van der Waals surface area contributed by atoms with Crippen LogP contribution >= 0.6 is 0 Å². The molecule has 3 unspecified atom stereocenters. The van der Waals surface area contributed by atoms with Crippen molar-refractivity contribution in [3.05, 3.63) is 90.3 Å². The normalized spacial score (nSPS) is 28.1. The second-order valence-electron chi connectivity index (χ2n) is 25.7. The zero-order valence-electron chi connectivity index (χ0n) is 48.8. The third kappa shape index (κ3) is 9.83. The van der Waals surface area contributed by atoms with Crippen molar-refractivity contribution in [3.8, 4) is 34.2 Å². The summed E-state index contributed by atoms with van der Waals surface area (Å²) in [6.07, 6.45) is 8.21. The Balaban J connectivity index is 0.869. The van der Waals surface area contributed by atoms with E-state index in [2.05, 4.69) is 95.4 Å². The minimum absolute atomic E-state index is 0.148. The van der Waals surface area contributed by atoms with Gasteiger partial charge in [-0.2, -0.15) is 0 Å². The molecule has 7 aliphatic heterocycles. The van der Waals surface area contributed by atoms with Crippen LogP contribution in [0.4, 0.5) is 0 Å². The molecule has 1 saturated carbocycles. The van der Waals surface area contributed by atoms with Crippen LogP contribution in [0.5, 0.6) is 0 Å². The molecule has 0 radical (unpaired) electrons. The van der Waals surface area contributed by atoms with Crippen LogP contribution in [0, 0.1) is 34.5 Å². The number of ether oxygens (including phenoxy) is 4. The van der Waals surface area contributed by atoms with E-state index in [1.807, 2.05) is 44.0 Å². The molecule has 82 heavy (non-hydrogen) atoms. The van der Waals surface area contributed by atoms with Gasteiger partial charge in [-0.1, -0.05) is 76.6 Å². The first-order valence-electron chi connectivity index (χ1n) is 29.9. The Bertz CT molecular complexity index is 3280. The minimum atomic E-state index is -1.00. The zero-order valence-corrected chi connectivity index (χ0v) is 48.8. The van der Waals surface area contributed by atoms with Crippen molar-refractivity contribution >= 4 is 40.5 Å². The third-order valence-electron chi connectivity index (χ3n) is 19.5. The highest BCUT2D eigenvalue weighted by Gasteiger charge is 2.77. The van der Waals surface area contributed by atoms with Crippen LogP contribution in [0.3, 0.4) is 0 Å². The van der Waals surface area contributed by atoms with Crippen molar-refractivity contribution in [2.45, 2.75) is 141 Å². The summed E-state index contributed by atoms with van der Waals surface area (Å²) in [4.78, 5) is 84.6. The van der Waals surface area contributed by atoms with Gasteiger partial charge in [-0.25, -0.2) is 5.01 Å². The molecule has 4 amide bonds. The van der Waals surface area contributed by atoms with Crippen LogP contribution in [-0.2, 0) is 67.9 Å². The number of aromatic nitrogens is 2. The molecule has 17 nitrogen and oxygen atoms in total. The second-order valence-corrected chi connectivity index (χ2v) is 25.7. The molecular formula is C65H80N8O9. The minimum Gasteiger partial charge on any atom is -0.465 e. The van der Waals surface area contributed by atoms with E-state index in [-0.39, 0.29) is 72.8 Å². The number of carbonyl (C=O) groups excluding carboxylic acids is 5. The highest BCUT2D eigenvalue weighted by molar-refractivity contribution is 5.98. The number of hydrogen-bond donors (Lipinski definition) is 1. The lowest BCUT2D eigenvalue weighted by molar-refractivity contribution is -0.153. The highest BCUT2D eigenvalue weighted by Crippen LogP contribution is 2.64. The number of nitrogens with one attached hydrogen (secondary N) is 1. The molecule has 6 bridgehead atoms. The molecule has 2 aromatic carbocycles. The van der Waals surface area contributed by atoms with Gasteiger partial charge < -0.3 is 38.6 Å². The molecule has 8 atom stereocenters. The van der Waals surface area contributed by atoms with E-state index in [0.29, 0.717) is 84.7 Å². The number of benzene rings is 2. The first kappa shape index (κ1) is 56.1. The predicted molar refractivity (Wildman–Crippen MR) is 309 cm³/mol. The van der Waals surface area contributed by atoms with E-state index in [1.54, 1.807) is 29.2 Å². The van der Waals surface area contributed by atoms with Crippen molar-refractivity contribution in [2.75, 3.05) is 72.9 Å². The Morgan fingerprint density at radius 1 is 0.976 bits per heavy atom. The molecule has 7 fully saturated rings. The molecule has 2 aromatic heterocycles. The molecule has 17 heteroatoms. The van der Waals surface area contributed by atoms with E-state index in [0.717, 1.165) is 69.5 Å². The monoisotopic (exact) mass is 1120 g/mol. The van der Waals surface area contributed by atoms with Gasteiger partial charge in [0.15, 0.2) is 0 Å². The van der Waals surface area contributed by atoms with Crippen LogP contribution in [0.25, 0.3) is 33.3 Å². The first-order chi connectivity index (χ1) is 39.4. The third-order valence-corrected chi connectivity index (χ3v) is 19.5. The van der Waals surface area contributed by atoms with Gasteiger partial charge in [-0.05, 0) is 117 Å². The Morgan fingerprint density at radius 2 is 1.77 bits per heavy atom. The standard InChI is InChI=1S/C65H80N8O9/c1-9-63(7,79-8)56-47(16-12-26-66-56)55-50-35-62(5,6)40-82-60(77)48-17-13-27-72(73-57(48)65(73)22-23-65)59(76)51(33-42-14-11-15-43(32-42)44-18-20-52(49(50)34-44)69(55)10-2)67-58(75)54(41(3)4)71-29-25-64(61(71)78)24-28-68(39-64)53(74)21-19-45-36-80-31-30-70(45)46-37-81-38-46/h9,11-12,14-16,18,20,26,32,34,41,45-46,48,51,54,57H,1,10,13,17,22-25,27-31,33,35-40H2,2-8H3,(H,67,75)/t45-,48-,51+,54+,57?,63?,64-,73?/m1/s1. The van der Waals surface area contributed by atoms with Crippen LogP contribution < -0.4 is 5.32 Å². The van der Waals surface area contributed by atoms with Crippen molar-refractivity contribution < 1.29 is 42.9 Å². The van der Waals surface area contributed by atoms with E-state index >= 15 is 9.59 Å². The molecule has 2 spiro atoms. The molecule has 9 heterocycles. The highest BCUT2D eigenvalue weighted by atomic mass is 16.5. The number of morpholine rings is 1. The molecule has 434 valence electrons.